The quantitative estimate of drug-likeness (QED) is 0.382. The van der Waals surface area contributed by atoms with Crippen LogP contribution in [0.2, 0.25) is 0 Å². The molecule has 0 saturated heterocycles. The van der Waals surface area contributed by atoms with E-state index in [-0.39, 0.29) is 28.5 Å². The van der Waals surface area contributed by atoms with Gasteiger partial charge in [-0.05, 0) is 55.3 Å². The van der Waals surface area contributed by atoms with Crippen LogP contribution in [-0.2, 0) is 12.2 Å². The van der Waals surface area contributed by atoms with Gasteiger partial charge in [0, 0.05) is 12.5 Å². The zero-order valence-electron chi connectivity index (χ0n) is 19.8. The predicted octanol–water partition coefficient (Wildman–Crippen LogP) is 4.31. The highest BCUT2D eigenvalue weighted by atomic mass is 79.9. The van der Waals surface area contributed by atoms with Gasteiger partial charge in [-0.25, -0.2) is 19.3 Å². The molecule has 0 amide bonds. The predicted molar refractivity (Wildman–Crippen MR) is 129 cm³/mol. The van der Waals surface area contributed by atoms with E-state index >= 15 is 0 Å². The summed E-state index contributed by atoms with van der Waals surface area (Å²) in [5.41, 5.74) is 0.511. The van der Waals surface area contributed by atoms with Gasteiger partial charge in [-0.3, -0.25) is 9.36 Å². The minimum Gasteiger partial charge on any atom is -0.470 e. The van der Waals surface area contributed by atoms with Crippen molar-refractivity contribution in [2.45, 2.75) is 46.8 Å². The molecule has 0 aliphatic rings. The fraction of sp³-hybridized carbons (Fsp3) is 0.292. The van der Waals surface area contributed by atoms with Crippen LogP contribution in [0.1, 0.15) is 42.6 Å². The van der Waals surface area contributed by atoms with Crippen LogP contribution in [0.15, 0.2) is 44.3 Å². The first-order chi connectivity index (χ1) is 16.5. The van der Waals surface area contributed by atoms with Crippen LogP contribution in [0, 0.1) is 26.6 Å². The van der Waals surface area contributed by atoms with Crippen molar-refractivity contribution in [1.82, 2.24) is 24.5 Å². The third kappa shape index (κ3) is 5.01. The fourth-order valence-corrected chi connectivity index (χ4v) is 3.82. The Balaban J connectivity index is 1.76. The highest BCUT2D eigenvalue weighted by Gasteiger charge is 2.23. The molecule has 0 unspecified atom stereocenters. The lowest BCUT2D eigenvalue weighted by Gasteiger charge is -2.18. The first-order valence-corrected chi connectivity index (χ1v) is 11.4. The van der Waals surface area contributed by atoms with Gasteiger partial charge in [0.15, 0.2) is 17.5 Å². The summed E-state index contributed by atoms with van der Waals surface area (Å²) in [7, 11) is 0. The van der Waals surface area contributed by atoms with E-state index < -0.39 is 17.0 Å². The largest absolute Gasteiger partial charge is 0.470 e. The molecule has 0 aliphatic heterocycles. The second-order valence-corrected chi connectivity index (χ2v) is 9.31. The average molecular weight is 544 g/mol. The van der Waals surface area contributed by atoms with Crippen LogP contribution in [-0.4, -0.2) is 29.6 Å². The number of oxazole rings is 1. The summed E-state index contributed by atoms with van der Waals surface area (Å²) >= 11 is 3.30. The van der Waals surface area contributed by atoms with E-state index in [1.165, 1.54) is 24.7 Å². The molecular formula is C24H23BrFN5O4. The van der Waals surface area contributed by atoms with Crippen LogP contribution < -0.4 is 10.3 Å². The van der Waals surface area contributed by atoms with Crippen LogP contribution in [0.4, 0.5) is 4.39 Å². The van der Waals surface area contributed by atoms with Gasteiger partial charge in [0.25, 0.3) is 5.56 Å². The number of aromatic nitrogens is 5. The Bertz CT molecular complexity index is 1480. The molecule has 0 bridgehead atoms. The second kappa shape index (κ2) is 9.31. The normalized spacial score (nSPS) is 11.7. The van der Waals surface area contributed by atoms with Crippen molar-refractivity contribution in [3.05, 3.63) is 80.1 Å². The van der Waals surface area contributed by atoms with Crippen LogP contribution >= 0.6 is 15.9 Å². The molecule has 4 aromatic rings. The molecule has 1 aromatic carbocycles. The number of rotatable bonds is 6. The van der Waals surface area contributed by atoms with Crippen LogP contribution in [0.5, 0.6) is 5.88 Å². The molecule has 9 nitrogen and oxygen atoms in total. The van der Waals surface area contributed by atoms with Crippen molar-refractivity contribution >= 4 is 15.9 Å². The van der Waals surface area contributed by atoms with Crippen LogP contribution in [0.3, 0.4) is 0 Å². The second-order valence-electron chi connectivity index (χ2n) is 8.52. The summed E-state index contributed by atoms with van der Waals surface area (Å²) in [6, 6.07) is 5.10. The lowest BCUT2D eigenvalue weighted by molar-refractivity contribution is 0.0686. The van der Waals surface area contributed by atoms with E-state index in [1.807, 2.05) is 6.92 Å². The van der Waals surface area contributed by atoms with Gasteiger partial charge in [-0.1, -0.05) is 12.1 Å². The van der Waals surface area contributed by atoms with Crippen molar-refractivity contribution in [1.29, 1.82) is 0 Å². The Hall–Kier alpha value is -3.44. The molecule has 1 N–H and O–H groups in total. The number of aliphatic hydroxyl groups is 1. The monoisotopic (exact) mass is 543 g/mol. The van der Waals surface area contributed by atoms with E-state index in [0.29, 0.717) is 28.7 Å². The number of nitrogens with zero attached hydrogens (tertiary/aromatic N) is 5. The molecule has 0 atom stereocenters. The minimum absolute atomic E-state index is 0.0129. The molecule has 182 valence electrons. The zero-order chi connectivity index (χ0) is 25.5. The van der Waals surface area contributed by atoms with Gasteiger partial charge in [0.2, 0.25) is 5.88 Å². The van der Waals surface area contributed by atoms with Gasteiger partial charge in [-0.2, -0.15) is 4.98 Å². The van der Waals surface area contributed by atoms with Gasteiger partial charge in [-0.15, -0.1) is 0 Å². The number of aryl methyl sites for hydroxylation is 3. The lowest BCUT2D eigenvalue weighted by atomic mass is 10.1. The molecule has 3 heterocycles. The minimum atomic E-state index is -1.35. The molecule has 0 radical (unpaired) electrons. The van der Waals surface area contributed by atoms with Crippen molar-refractivity contribution in [2.75, 3.05) is 0 Å². The molecular weight excluding hydrogens is 521 g/mol. The first kappa shape index (κ1) is 24.7. The van der Waals surface area contributed by atoms with Crippen molar-refractivity contribution in [3.63, 3.8) is 0 Å². The number of hydrogen-bond donors (Lipinski definition) is 1. The van der Waals surface area contributed by atoms with Crippen molar-refractivity contribution in [2.24, 2.45) is 0 Å². The van der Waals surface area contributed by atoms with E-state index in [0.717, 1.165) is 11.8 Å². The Labute approximate surface area is 208 Å². The molecule has 35 heavy (non-hydrogen) atoms. The van der Waals surface area contributed by atoms with E-state index in [2.05, 4.69) is 35.9 Å². The standard InChI is InChI=1S/C24H23BrFN5O4/c1-12-6-7-15(20-17(26)9-27-23(30-20)24(4,5)33)8-18(12)31-13(2)28-21(19(25)22(31)32)35-11-16-10-34-14(3)29-16/h6-10,33H,11H2,1-5H3. The van der Waals surface area contributed by atoms with E-state index in [1.54, 1.807) is 32.0 Å². The van der Waals surface area contributed by atoms with Gasteiger partial charge in [0.1, 0.15) is 40.2 Å². The molecule has 11 heteroatoms. The number of hydrogen-bond acceptors (Lipinski definition) is 8. The fourth-order valence-electron chi connectivity index (χ4n) is 3.44. The first-order valence-electron chi connectivity index (χ1n) is 10.7. The molecule has 0 spiro atoms. The number of ether oxygens (including phenoxy) is 1. The van der Waals surface area contributed by atoms with Crippen molar-refractivity contribution < 1.29 is 18.7 Å². The third-order valence-corrected chi connectivity index (χ3v) is 5.88. The molecule has 0 aliphatic carbocycles. The van der Waals surface area contributed by atoms with Gasteiger partial charge >= 0.3 is 0 Å². The summed E-state index contributed by atoms with van der Waals surface area (Å²) in [4.78, 5) is 30.0. The Kier molecular flexibility index (Phi) is 6.56. The summed E-state index contributed by atoms with van der Waals surface area (Å²) in [6.07, 6.45) is 2.50. The Morgan fingerprint density at radius 3 is 2.60 bits per heavy atom. The molecule has 4 rings (SSSR count). The Morgan fingerprint density at radius 1 is 1.20 bits per heavy atom. The third-order valence-electron chi connectivity index (χ3n) is 5.20. The number of halogens is 2. The Morgan fingerprint density at radius 2 is 1.94 bits per heavy atom. The average Bonchev–Trinajstić information content (AvgIpc) is 3.21. The van der Waals surface area contributed by atoms with Gasteiger partial charge < -0.3 is 14.3 Å². The zero-order valence-corrected chi connectivity index (χ0v) is 21.3. The maximum absolute atomic E-state index is 14.7. The molecule has 0 saturated carbocycles. The van der Waals surface area contributed by atoms with E-state index in [9.17, 15) is 14.3 Å². The lowest BCUT2D eigenvalue weighted by Crippen LogP contribution is -2.24. The molecule has 3 aromatic heterocycles. The summed E-state index contributed by atoms with van der Waals surface area (Å²) in [5, 5.41) is 10.2. The smallest absolute Gasteiger partial charge is 0.276 e. The highest BCUT2D eigenvalue weighted by Crippen LogP contribution is 2.28. The highest BCUT2D eigenvalue weighted by molar-refractivity contribution is 9.10. The summed E-state index contributed by atoms with van der Waals surface area (Å²) in [6.45, 7) is 8.34. The van der Waals surface area contributed by atoms with E-state index in [4.69, 9.17) is 9.15 Å². The maximum Gasteiger partial charge on any atom is 0.276 e. The van der Waals surface area contributed by atoms with Gasteiger partial charge in [0.05, 0.1) is 11.9 Å². The summed E-state index contributed by atoms with van der Waals surface area (Å²) < 4.78 is 27.0. The SMILES string of the molecule is Cc1nc(COc2nc(C)n(-c3cc(-c4nc(C(C)(C)O)ncc4F)ccc3C)c(=O)c2Br)co1. The van der Waals surface area contributed by atoms with Crippen molar-refractivity contribution in [3.8, 4) is 22.8 Å². The topological polar surface area (TPSA) is 116 Å². The summed E-state index contributed by atoms with van der Waals surface area (Å²) in [5.74, 6) is 0.424. The number of benzene rings is 1. The van der Waals surface area contributed by atoms with Crippen LogP contribution in [0.25, 0.3) is 16.9 Å². The molecule has 0 fully saturated rings. The maximum atomic E-state index is 14.7.